The molecule has 0 aliphatic carbocycles. The zero-order valence-electron chi connectivity index (χ0n) is 20.6. The lowest BCUT2D eigenvalue weighted by molar-refractivity contribution is 0.262. The van der Waals surface area contributed by atoms with Gasteiger partial charge in [0, 0.05) is 30.5 Å². The highest BCUT2D eigenvalue weighted by Gasteiger charge is 2.13. The van der Waals surface area contributed by atoms with Crippen molar-refractivity contribution in [3.63, 3.8) is 0 Å². The van der Waals surface area contributed by atoms with Crippen LogP contribution in [0.3, 0.4) is 0 Å². The molecule has 196 valence electrons. The molecule has 0 radical (unpaired) electrons. The van der Waals surface area contributed by atoms with Crippen LogP contribution in [0.5, 0.6) is 11.5 Å². The van der Waals surface area contributed by atoms with E-state index < -0.39 is 17.0 Å². The van der Waals surface area contributed by atoms with Crippen LogP contribution in [0.15, 0.2) is 83.9 Å². The van der Waals surface area contributed by atoms with E-state index in [2.05, 4.69) is 36.0 Å². The Morgan fingerprint density at radius 1 is 1.03 bits per heavy atom. The summed E-state index contributed by atoms with van der Waals surface area (Å²) >= 11 is 0. The minimum atomic E-state index is -1.32. The van der Waals surface area contributed by atoms with Gasteiger partial charge in [-0.3, -0.25) is 0 Å². The van der Waals surface area contributed by atoms with Gasteiger partial charge in [-0.15, -0.1) is 0 Å². The van der Waals surface area contributed by atoms with Crippen LogP contribution in [0.2, 0.25) is 0 Å². The highest BCUT2D eigenvalue weighted by Crippen LogP contribution is 2.30. The number of amides is 2. The molecule has 3 aromatic carbocycles. The summed E-state index contributed by atoms with van der Waals surface area (Å²) in [6.07, 6.45) is 2.25. The fraction of sp³-hybridized carbons (Fsp3) is 0.111. The standard InChI is InChI=1S/C27H24N8O3S/c28-16-18-6-1-2-11-23(18)34-27(36)33-19-7-3-9-21(14-19)38-24-17-30-26-32-20-8-4-10-22(15-20)39(37)31-13-5-12-29-25(24)35-26/h1-4,6-11,14-15,17,31H,5,12-13H2,(H2,33,34,36)(H2,29,30,32,35). The van der Waals surface area contributed by atoms with Crippen LogP contribution >= 0.6 is 0 Å². The minimum absolute atomic E-state index is 0.352. The molecule has 4 aromatic rings. The first-order valence-electron chi connectivity index (χ1n) is 12.1. The Balaban J connectivity index is 1.32. The average molecular weight is 541 g/mol. The number of hydrogen-bond acceptors (Lipinski definition) is 8. The van der Waals surface area contributed by atoms with Crippen molar-refractivity contribution in [2.75, 3.05) is 34.4 Å². The molecule has 5 N–H and O–H groups in total. The van der Waals surface area contributed by atoms with Crippen LogP contribution < -0.4 is 30.7 Å². The maximum Gasteiger partial charge on any atom is 0.323 e. The number of urea groups is 1. The van der Waals surface area contributed by atoms with Gasteiger partial charge in [-0.25, -0.2) is 18.7 Å². The fourth-order valence-corrected chi connectivity index (χ4v) is 4.67. The van der Waals surface area contributed by atoms with Gasteiger partial charge in [0.1, 0.15) is 22.8 Å². The van der Waals surface area contributed by atoms with Crippen molar-refractivity contribution in [1.82, 2.24) is 14.7 Å². The summed E-state index contributed by atoms with van der Waals surface area (Å²) < 4.78 is 21.6. The van der Waals surface area contributed by atoms with E-state index in [0.29, 0.717) is 70.3 Å². The second-order valence-electron chi connectivity index (χ2n) is 8.37. The van der Waals surface area contributed by atoms with Crippen LogP contribution in [0.1, 0.15) is 12.0 Å². The molecule has 11 nitrogen and oxygen atoms in total. The third-order valence-electron chi connectivity index (χ3n) is 5.55. The number of hydrogen-bond donors (Lipinski definition) is 5. The van der Waals surface area contributed by atoms with Crippen molar-refractivity contribution in [2.45, 2.75) is 11.3 Å². The summed E-state index contributed by atoms with van der Waals surface area (Å²) in [6.45, 7) is 1.10. The average Bonchev–Trinajstić information content (AvgIpc) is 2.95. The van der Waals surface area contributed by atoms with Gasteiger partial charge >= 0.3 is 6.03 Å². The van der Waals surface area contributed by atoms with E-state index in [1.807, 2.05) is 18.2 Å². The summed E-state index contributed by atoms with van der Waals surface area (Å²) in [5.41, 5.74) is 1.97. The van der Waals surface area contributed by atoms with Crippen LogP contribution in [0.4, 0.5) is 33.6 Å². The number of carbonyl (C=O) groups excluding carboxylic acids is 1. The van der Waals surface area contributed by atoms with E-state index in [4.69, 9.17) is 4.74 Å². The first kappa shape index (κ1) is 25.7. The highest BCUT2D eigenvalue weighted by atomic mass is 32.2. The lowest BCUT2D eigenvalue weighted by Crippen LogP contribution is -2.20. The minimum Gasteiger partial charge on any atom is -0.452 e. The molecule has 1 unspecified atom stereocenters. The van der Waals surface area contributed by atoms with Gasteiger partial charge in [0.2, 0.25) is 5.95 Å². The molecule has 2 amide bonds. The van der Waals surface area contributed by atoms with Crippen LogP contribution in [0, 0.1) is 11.3 Å². The third-order valence-corrected chi connectivity index (χ3v) is 6.70. The lowest BCUT2D eigenvalue weighted by Gasteiger charge is -2.14. The molecule has 12 heteroatoms. The Hall–Kier alpha value is -4.99. The number of rotatable bonds is 4. The number of carbonyl (C=O) groups is 1. The molecule has 0 spiro atoms. The predicted octanol–water partition coefficient (Wildman–Crippen LogP) is 4.96. The lowest BCUT2D eigenvalue weighted by atomic mass is 10.2. The first-order chi connectivity index (χ1) is 19.1. The van der Waals surface area contributed by atoms with E-state index in [9.17, 15) is 14.3 Å². The third kappa shape index (κ3) is 6.67. The Kier molecular flexibility index (Phi) is 7.92. The molecule has 0 saturated carbocycles. The summed E-state index contributed by atoms with van der Waals surface area (Å²) in [6, 6.07) is 22.4. The van der Waals surface area contributed by atoms with Gasteiger partial charge in [0.05, 0.1) is 22.3 Å². The molecule has 5 rings (SSSR count). The number of para-hydroxylation sites is 1. The van der Waals surface area contributed by atoms with Crippen LogP contribution in [0.25, 0.3) is 0 Å². The fourth-order valence-electron chi connectivity index (χ4n) is 3.73. The number of nitriles is 1. The van der Waals surface area contributed by atoms with Gasteiger partial charge in [-0.1, -0.05) is 24.3 Å². The highest BCUT2D eigenvalue weighted by molar-refractivity contribution is 7.83. The molecule has 1 aromatic heterocycles. The Bertz CT molecular complexity index is 1570. The number of nitrogens with one attached hydrogen (secondary N) is 5. The zero-order chi connectivity index (χ0) is 27.0. The number of ether oxygens (including phenoxy) is 1. The Morgan fingerprint density at radius 3 is 2.79 bits per heavy atom. The van der Waals surface area contributed by atoms with Crippen molar-refractivity contribution in [3.05, 3.63) is 84.6 Å². The van der Waals surface area contributed by atoms with E-state index in [-0.39, 0.29) is 0 Å². The Morgan fingerprint density at radius 2 is 1.90 bits per heavy atom. The summed E-state index contributed by atoms with van der Waals surface area (Å²) in [7, 11) is -1.32. The second-order valence-corrected chi connectivity index (χ2v) is 9.67. The molecule has 1 atom stereocenters. The van der Waals surface area contributed by atoms with Crippen molar-refractivity contribution < 1.29 is 13.7 Å². The van der Waals surface area contributed by atoms with Crippen molar-refractivity contribution in [1.29, 1.82) is 5.26 Å². The molecule has 0 fully saturated rings. The van der Waals surface area contributed by atoms with Crippen molar-refractivity contribution in [2.24, 2.45) is 0 Å². The van der Waals surface area contributed by atoms with E-state index in [1.54, 1.807) is 66.9 Å². The molecular formula is C27H24N8O3S. The predicted molar refractivity (Wildman–Crippen MR) is 150 cm³/mol. The van der Waals surface area contributed by atoms with Crippen LogP contribution in [-0.2, 0) is 11.0 Å². The van der Waals surface area contributed by atoms with Gasteiger partial charge in [-0.2, -0.15) is 10.2 Å². The van der Waals surface area contributed by atoms with Crippen LogP contribution in [-0.4, -0.2) is 33.3 Å². The normalized spacial score (nSPS) is 14.6. The quantitative estimate of drug-likeness (QED) is 0.244. The number of fused-ring (bicyclic) bond motifs is 4. The molecular weight excluding hydrogens is 516 g/mol. The van der Waals surface area contributed by atoms with E-state index in [0.717, 1.165) is 0 Å². The molecule has 39 heavy (non-hydrogen) atoms. The summed E-state index contributed by atoms with van der Waals surface area (Å²) in [5, 5.41) is 21.1. The van der Waals surface area contributed by atoms with Crippen molar-refractivity contribution in [3.8, 4) is 17.6 Å². The summed E-state index contributed by atoms with van der Waals surface area (Å²) in [4.78, 5) is 22.1. The molecule has 2 heterocycles. The van der Waals surface area contributed by atoms with Gasteiger partial charge in [0.15, 0.2) is 11.6 Å². The Labute approximate surface area is 227 Å². The number of nitrogens with zero attached hydrogens (tertiary/aromatic N) is 3. The maximum atomic E-state index is 12.5. The molecule has 4 bridgehead atoms. The van der Waals surface area contributed by atoms with Gasteiger partial charge in [0.25, 0.3) is 0 Å². The second kappa shape index (κ2) is 12.0. The summed E-state index contributed by atoms with van der Waals surface area (Å²) in [5.74, 6) is 1.68. The number of anilines is 5. The zero-order valence-corrected chi connectivity index (χ0v) is 21.4. The largest absolute Gasteiger partial charge is 0.452 e. The maximum absolute atomic E-state index is 12.5. The van der Waals surface area contributed by atoms with E-state index in [1.165, 1.54) is 0 Å². The molecule has 1 aliphatic heterocycles. The van der Waals surface area contributed by atoms with Gasteiger partial charge < -0.3 is 26.0 Å². The monoisotopic (exact) mass is 540 g/mol. The first-order valence-corrected chi connectivity index (χ1v) is 13.2. The number of aromatic nitrogens is 2. The van der Waals surface area contributed by atoms with Crippen molar-refractivity contribution >= 4 is 45.8 Å². The van der Waals surface area contributed by atoms with E-state index >= 15 is 0 Å². The van der Waals surface area contributed by atoms with Gasteiger partial charge in [-0.05, 0) is 48.9 Å². The number of benzene rings is 3. The topological polar surface area (TPSA) is 153 Å². The SMILES string of the molecule is N#Cc1ccccc1NC(=O)Nc1cccc(Oc2cnc3nc2NCCCNS(=O)c2cccc(c2)N3)c1. The smallest absolute Gasteiger partial charge is 0.323 e. The molecule has 1 aliphatic rings. The molecule has 0 saturated heterocycles.